The van der Waals surface area contributed by atoms with Gasteiger partial charge in [-0.1, -0.05) is 26.0 Å². The molecule has 6 nitrogen and oxygen atoms in total. The summed E-state index contributed by atoms with van der Waals surface area (Å²) < 4.78 is 5.78. The Kier molecular flexibility index (Phi) is 3.85. The van der Waals surface area contributed by atoms with E-state index in [1.54, 1.807) is 13.0 Å². The van der Waals surface area contributed by atoms with Gasteiger partial charge in [0.1, 0.15) is 17.3 Å². The van der Waals surface area contributed by atoms with Crippen LogP contribution < -0.4 is 0 Å². The van der Waals surface area contributed by atoms with E-state index in [9.17, 15) is 25.2 Å². The van der Waals surface area contributed by atoms with Gasteiger partial charge in [-0.3, -0.25) is 4.79 Å². The summed E-state index contributed by atoms with van der Waals surface area (Å²) in [5.41, 5.74) is -2.52. The number of carbonyl (C=O) groups excluding carboxylic acids is 1. The normalized spacial score (nSPS) is 49.8. The molecule has 4 rings (SSSR count). The number of aliphatic hydroxyl groups excluding tert-OH is 2. The van der Waals surface area contributed by atoms with Crippen LogP contribution in [0.5, 0.6) is 0 Å². The molecule has 0 aromatic heterocycles. The molecule has 0 spiro atoms. The van der Waals surface area contributed by atoms with Crippen LogP contribution in [-0.4, -0.2) is 55.9 Å². The van der Waals surface area contributed by atoms with Crippen LogP contribution in [0.2, 0.25) is 0 Å². The molecule has 150 valence electrons. The van der Waals surface area contributed by atoms with E-state index >= 15 is 0 Å². The number of hydrogen-bond acceptors (Lipinski definition) is 6. The van der Waals surface area contributed by atoms with Crippen molar-refractivity contribution >= 4 is 5.97 Å². The Morgan fingerprint density at radius 1 is 1.22 bits per heavy atom. The number of carbonyl (C=O) groups is 1. The number of fused-ring (bicyclic) bond motifs is 5. The first kappa shape index (κ1) is 19.1. The minimum Gasteiger partial charge on any atom is -0.458 e. The highest BCUT2D eigenvalue weighted by Crippen LogP contribution is 2.75. The smallest absolute Gasteiger partial charge is 0.303 e. The van der Waals surface area contributed by atoms with Gasteiger partial charge in [0.05, 0.1) is 12.2 Å². The van der Waals surface area contributed by atoms with Crippen LogP contribution >= 0.6 is 0 Å². The first-order valence-electron chi connectivity index (χ1n) is 9.75. The number of hydrogen-bond donors (Lipinski definition) is 4. The lowest BCUT2D eigenvalue weighted by Crippen LogP contribution is -2.58. The predicted octanol–water partition coefficient (Wildman–Crippen LogP) is 1.08. The third-order valence-electron chi connectivity index (χ3n) is 7.99. The van der Waals surface area contributed by atoms with Gasteiger partial charge in [0.15, 0.2) is 0 Å². The molecule has 4 aliphatic carbocycles. The first-order chi connectivity index (χ1) is 12.4. The second kappa shape index (κ2) is 5.44. The fraction of sp³-hybridized carbons (Fsp3) is 0.762. The standard InChI is InChI=1S/C21H30O6/c1-11-7-15-19(25)5-6-21(27-12(2)23)16(18(21,3)4)14(19)8-13(10-22)9-20(15,26)17(11)24/h7-8,14-17,22,24-26H,5-6,9-10H2,1-4H3/t14-,15-,16+,17?,19+,20+,21-/m0/s1. The molecule has 7 atom stereocenters. The second-order valence-electron chi connectivity index (χ2n) is 9.64. The highest BCUT2D eigenvalue weighted by atomic mass is 16.6. The monoisotopic (exact) mass is 378 g/mol. The van der Waals surface area contributed by atoms with Gasteiger partial charge in [-0.05, 0) is 30.9 Å². The van der Waals surface area contributed by atoms with Crippen molar-refractivity contribution in [3.05, 3.63) is 23.3 Å². The number of aliphatic hydroxyl groups is 4. The van der Waals surface area contributed by atoms with Gasteiger partial charge < -0.3 is 25.2 Å². The van der Waals surface area contributed by atoms with Crippen LogP contribution in [0, 0.1) is 23.2 Å². The van der Waals surface area contributed by atoms with Crippen molar-refractivity contribution in [2.24, 2.45) is 23.2 Å². The molecule has 0 radical (unpaired) electrons. The molecule has 4 N–H and O–H groups in total. The summed E-state index contributed by atoms with van der Waals surface area (Å²) in [5, 5.41) is 43.7. The molecule has 0 aromatic rings. The summed E-state index contributed by atoms with van der Waals surface area (Å²) >= 11 is 0. The van der Waals surface area contributed by atoms with Crippen molar-refractivity contribution in [1.82, 2.24) is 0 Å². The summed E-state index contributed by atoms with van der Waals surface area (Å²) in [4.78, 5) is 11.8. The molecule has 0 saturated heterocycles. The Hall–Kier alpha value is -1.21. The van der Waals surface area contributed by atoms with Crippen LogP contribution in [0.1, 0.15) is 47.0 Å². The van der Waals surface area contributed by atoms with Crippen molar-refractivity contribution in [2.45, 2.75) is 69.9 Å². The molecule has 0 aromatic carbocycles. The predicted molar refractivity (Wildman–Crippen MR) is 97.4 cm³/mol. The van der Waals surface area contributed by atoms with Crippen molar-refractivity contribution in [1.29, 1.82) is 0 Å². The van der Waals surface area contributed by atoms with Gasteiger partial charge in [-0.15, -0.1) is 0 Å². The van der Waals surface area contributed by atoms with Crippen molar-refractivity contribution < 1.29 is 30.0 Å². The zero-order chi connectivity index (χ0) is 20.0. The van der Waals surface area contributed by atoms with E-state index in [2.05, 4.69) is 0 Å². The molecular formula is C21H30O6. The zero-order valence-corrected chi connectivity index (χ0v) is 16.4. The largest absolute Gasteiger partial charge is 0.458 e. The van der Waals surface area contributed by atoms with Crippen LogP contribution in [0.15, 0.2) is 23.3 Å². The van der Waals surface area contributed by atoms with Crippen LogP contribution in [0.25, 0.3) is 0 Å². The molecule has 6 heteroatoms. The topological polar surface area (TPSA) is 107 Å². The third kappa shape index (κ3) is 2.18. The van der Waals surface area contributed by atoms with Gasteiger partial charge in [0, 0.05) is 36.5 Å². The summed E-state index contributed by atoms with van der Waals surface area (Å²) in [7, 11) is 0. The number of rotatable bonds is 2. The minimum atomic E-state index is -1.54. The molecule has 0 bridgehead atoms. The van der Waals surface area contributed by atoms with E-state index < -0.39 is 28.8 Å². The Balaban J connectivity index is 1.83. The van der Waals surface area contributed by atoms with Gasteiger partial charge in [0.2, 0.25) is 0 Å². The quantitative estimate of drug-likeness (QED) is 0.423. The summed E-state index contributed by atoms with van der Waals surface area (Å²) in [6.45, 7) is 6.99. The van der Waals surface area contributed by atoms with E-state index in [1.165, 1.54) is 6.92 Å². The van der Waals surface area contributed by atoms with Crippen molar-refractivity contribution in [3.8, 4) is 0 Å². The first-order valence-corrected chi connectivity index (χ1v) is 9.75. The fourth-order valence-corrected chi connectivity index (χ4v) is 6.65. The third-order valence-corrected chi connectivity index (χ3v) is 7.99. The van der Waals surface area contributed by atoms with Gasteiger partial charge in [0.25, 0.3) is 0 Å². The van der Waals surface area contributed by atoms with E-state index in [1.807, 2.05) is 19.9 Å². The Bertz CT molecular complexity index is 754. The molecule has 0 heterocycles. The maximum atomic E-state index is 11.9. The molecular weight excluding hydrogens is 348 g/mol. The summed E-state index contributed by atoms with van der Waals surface area (Å²) in [6.07, 6.45) is 3.55. The summed E-state index contributed by atoms with van der Waals surface area (Å²) in [5.74, 6) is -1.46. The SMILES string of the molecule is CC(=O)O[C@@]12CC[C@@]3(O)[C@@H](C=C(CO)C[C@]4(O)C(O)C(C)=C[C@@H]34)[C@@H]1C2(C)C. The average Bonchev–Trinajstić information content (AvgIpc) is 2.99. The van der Waals surface area contributed by atoms with Gasteiger partial charge in [-0.2, -0.15) is 0 Å². The Morgan fingerprint density at radius 2 is 1.89 bits per heavy atom. The van der Waals surface area contributed by atoms with E-state index in [0.29, 0.717) is 24.0 Å². The molecule has 27 heavy (non-hydrogen) atoms. The maximum Gasteiger partial charge on any atom is 0.303 e. The lowest BCUT2D eigenvalue weighted by Gasteiger charge is -2.47. The molecule has 2 saturated carbocycles. The Labute approximate surface area is 159 Å². The average molecular weight is 378 g/mol. The lowest BCUT2D eigenvalue weighted by atomic mass is 9.64. The number of esters is 1. The van der Waals surface area contributed by atoms with Crippen molar-refractivity contribution in [3.63, 3.8) is 0 Å². The van der Waals surface area contributed by atoms with E-state index in [-0.39, 0.29) is 36.2 Å². The molecule has 0 aliphatic heterocycles. The van der Waals surface area contributed by atoms with Crippen molar-refractivity contribution in [2.75, 3.05) is 6.61 Å². The maximum absolute atomic E-state index is 11.9. The highest BCUT2D eigenvalue weighted by molar-refractivity contribution is 5.67. The lowest BCUT2D eigenvalue weighted by molar-refractivity contribution is -0.177. The minimum absolute atomic E-state index is 0.107. The Morgan fingerprint density at radius 3 is 2.48 bits per heavy atom. The molecule has 4 aliphatic rings. The molecule has 0 amide bonds. The zero-order valence-electron chi connectivity index (χ0n) is 16.4. The highest BCUT2D eigenvalue weighted by Gasteiger charge is 2.81. The van der Waals surface area contributed by atoms with Crippen LogP contribution in [-0.2, 0) is 9.53 Å². The van der Waals surface area contributed by atoms with Crippen LogP contribution in [0.3, 0.4) is 0 Å². The van der Waals surface area contributed by atoms with E-state index in [0.717, 1.165) is 0 Å². The fourth-order valence-electron chi connectivity index (χ4n) is 6.65. The van der Waals surface area contributed by atoms with Gasteiger partial charge in [-0.25, -0.2) is 0 Å². The molecule has 1 unspecified atom stereocenters. The second-order valence-corrected chi connectivity index (χ2v) is 9.64. The summed E-state index contributed by atoms with van der Waals surface area (Å²) in [6, 6.07) is 0. The number of ether oxygens (including phenoxy) is 1. The van der Waals surface area contributed by atoms with E-state index in [4.69, 9.17) is 4.74 Å². The van der Waals surface area contributed by atoms with Crippen LogP contribution in [0.4, 0.5) is 0 Å². The molecule has 2 fully saturated rings. The van der Waals surface area contributed by atoms with Gasteiger partial charge >= 0.3 is 5.97 Å².